The van der Waals surface area contributed by atoms with Crippen LogP contribution in [-0.2, 0) is 28.6 Å². The van der Waals surface area contributed by atoms with E-state index in [-0.39, 0.29) is 37.5 Å². The zero-order chi connectivity index (χ0) is 50.7. The van der Waals surface area contributed by atoms with E-state index in [4.69, 9.17) is 14.2 Å². The molecule has 1 atom stereocenters. The first-order valence-electron chi connectivity index (χ1n) is 28.9. The highest BCUT2D eigenvalue weighted by atomic mass is 16.6. The number of allylic oxidation sites excluding steroid dienone is 18. The molecule has 0 saturated carbocycles. The molecule has 0 spiro atoms. The van der Waals surface area contributed by atoms with Crippen molar-refractivity contribution in [1.82, 2.24) is 0 Å². The number of hydrogen-bond donors (Lipinski definition) is 0. The third kappa shape index (κ3) is 55.0. The lowest BCUT2D eigenvalue weighted by atomic mass is 10.0. The molecular formula is C64H106O6. The van der Waals surface area contributed by atoms with Gasteiger partial charge in [0.15, 0.2) is 6.10 Å². The molecule has 0 bridgehead atoms. The molecule has 0 aliphatic carbocycles. The summed E-state index contributed by atoms with van der Waals surface area (Å²) < 4.78 is 16.7. The van der Waals surface area contributed by atoms with Crippen molar-refractivity contribution in [2.24, 2.45) is 0 Å². The topological polar surface area (TPSA) is 78.9 Å². The van der Waals surface area contributed by atoms with Crippen molar-refractivity contribution in [2.75, 3.05) is 13.2 Å². The Morgan fingerprint density at radius 1 is 0.300 bits per heavy atom. The van der Waals surface area contributed by atoms with Gasteiger partial charge >= 0.3 is 17.9 Å². The van der Waals surface area contributed by atoms with E-state index in [1.807, 2.05) is 0 Å². The van der Waals surface area contributed by atoms with Gasteiger partial charge in [0.25, 0.3) is 0 Å². The Labute approximate surface area is 431 Å². The van der Waals surface area contributed by atoms with Gasteiger partial charge in [-0.15, -0.1) is 0 Å². The largest absolute Gasteiger partial charge is 0.462 e. The summed E-state index contributed by atoms with van der Waals surface area (Å²) in [6.07, 6.45) is 78.5. The maximum absolute atomic E-state index is 12.7. The van der Waals surface area contributed by atoms with Crippen LogP contribution < -0.4 is 0 Å². The van der Waals surface area contributed by atoms with E-state index in [0.717, 1.165) is 109 Å². The van der Waals surface area contributed by atoms with E-state index in [1.165, 1.54) is 103 Å². The van der Waals surface area contributed by atoms with Gasteiger partial charge in [-0.3, -0.25) is 14.4 Å². The number of rotatable bonds is 51. The molecule has 0 aliphatic rings. The highest BCUT2D eigenvalue weighted by molar-refractivity contribution is 5.71. The van der Waals surface area contributed by atoms with Gasteiger partial charge in [-0.2, -0.15) is 0 Å². The molecule has 6 nitrogen and oxygen atoms in total. The van der Waals surface area contributed by atoms with Crippen LogP contribution in [-0.4, -0.2) is 37.2 Å². The van der Waals surface area contributed by atoms with Crippen LogP contribution in [0.15, 0.2) is 109 Å². The Morgan fingerprint density at radius 2 is 0.557 bits per heavy atom. The van der Waals surface area contributed by atoms with Gasteiger partial charge < -0.3 is 14.2 Å². The minimum Gasteiger partial charge on any atom is -0.462 e. The minimum absolute atomic E-state index is 0.0940. The van der Waals surface area contributed by atoms with Crippen LogP contribution in [0.5, 0.6) is 0 Å². The second-order valence-electron chi connectivity index (χ2n) is 18.8. The van der Waals surface area contributed by atoms with E-state index < -0.39 is 6.10 Å². The summed E-state index contributed by atoms with van der Waals surface area (Å²) in [6, 6.07) is 0. The summed E-state index contributed by atoms with van der Waals surface area (Å²) in [5, 5.41) is 0. The van der Waals surface area contributed by atoms with Crippen LogP contribution in [0.4, 0.5) is 0 Å². The molecule has 1 unspecified atom stereocenters. The maximum Gasteiger partial charge on any atom is 0.306 e. The molecule has 0 saturated heterocycles. The van der Waals surface area contributed by atoms with Crippen LogP contribution >= 0.6 is 0 Å². The molecule has 0 fully saturated rings. The van der Waals surface area contributed by atoms with E-state index in [1.54, 1.807) is 0 Å². The lowest BCUT2D eigenvalue weighted by Crippen LogP contribution is -2.30. The second-order valence-corrected chi connectivity index (χ2v) is 18.8. The highest BCUT2D eigenvalue weighted by Crippen LogP contribution is 2.15. The summed E-state index contributed by atoms with van der Waals surface area (Å²) in [7, 11) is 0. The molecule has 0 aromatic heterocycles. The summed E-state index contributed by atoms with van der Waals surface area (Å²) >= 11 is 0. The van der Waals surface area contributed by atoms with Crippen molar-refractivity contribution in [3.8, 4) is 0 Å². The van der Waals surface area contributed by atoms with Crippen molar-refractivity contribution in [1.29, 1.82) is 0 Å². The van der Waals surface area contributed by atoms with Crippen LogP contribution in [0.1, 0.15) is 258 Å². The Kier molecular flexibility index (Phi) is 54.4. The molecule has 0 aromatic carbocycles. The molecule has 0 aromatic rings. The summed E-state index contributed by atoms with van der Waals surface area (Å²) in [5.74, 6) is -0.946. The number of carbonyl (C=O) groups excluding carboxylic acids is 3. The molecular weight excluding hydrogens is 865 g/mol. The van der Waals surface area contributed by atoms with Gasteiger partial charge in [0.1, 0.15) is 13.2 Å². The fourth-order valence-corrected chi connectivity index (χ4v) is 7.75. The molecule has 0 amide bonds. The van der Waals surface area contributed by atoms with E-state index in [2.05, 4.69) is 130 Å². The van der Waals surface area contributed by atoms with Crippen molar-refractivity contribution in [2.45, 2.75) is 264 Å². The van der Waals surface area contributed by atoms with Crippen LogP contribution in [0.3, 0.4) is 0 Å². The number of unbranched alkanes of at least 4 members (excludes halogenated alkanes) is 22. The van der Waals surface area contributed by atoms with Gasteiger partial charge in [0.05, 0.1) is 0 Å². The van der Waals surface area contributed by atoms with Gasteiger partial charge in [0, 0.05) is 19.3 Å². The van der Waals surface area contributed by atoms with E-state index in [9.17, 15) is 14.4 Å². The van der Waals surface area contributed by atoms with E-state index in [0.29, 0.717) is 19.3 Å². The molecule has 398 valence electrons. The fraction of sp³-hybridized carbons (Fsp3) is 0.672. The predicted octanol–water partition coefficient (Wildman–Crippen LogP) is 19.5. The predicted molar refractivity (Wildman–Crippen MR) is 302 cm³/mol. The summed E-state index contributed by atoms with van der Waals surface area (Å²) in [6.45, 7) is 6.31. The standard InChI is InChI=1S/C64H106O6/c1-4-7-10-13-16-18-20-22-24-25-26-27-28-29-30-31-32-33-34-35-36-37-38-39-41-42-44-46-48-51-54-57-63(66)69-60-61(59-68-62(65)56-53-50-15-12-9-6-3)70-64(67)58-55-52-49-47-45-43-40-23-21-19-17-14-11-8-5-2/h7-8,10-11,16-19,22-24,26-27,29-30,40,45,47,61H,4-6,9,12-15,20-21,25,28,31-39,41-44,46,48-60H2,1-3H3/b10-7-,11-8-,18-16-,19-17-,24-22-,27-26-,30-29-,40-23-,47-45-. The van der Waals surface area contributed by atoms with Gasteiger partial charge in [0.2, 0.25) is 0 Å². The molecule has 0 rings (SSSR count). The molecule has 70 heavy (non-hydrogen) atoms. The molecule has 0 radical (unpaired) electrons. The highest BCUT2D eigenvalue weighted by Gasteiger charge is 2.19. The lowest BCUT2D eigenvalue weighted by Gasteiger charge is -2.18. The second kappa shape index (κ2) is 57.6. The quantitative estimate of drug-likeness (QED) is 0.0262. The van der Waals surface area contributed by atoms with Crippen molar-refractivity contribution in [3.05, 3.63) is 109 Å². The Bertz CT molecular complexity index is 1440. The van der Waals surface area contributed by atoms with Crippen LogP contribution in [0.2, 0.25) is 0 Å². The molecule has 0 N–H and O–H groups in total. The first-order chi connectivity index (χ1) is 34.5. The number of ether oxygens (including phenoxy) is 3. The average Bonchev–Trinajstić information content (AvgIpc) is 3.36. The smallest absolute Gasteiger partial charge is 0.306 e. The van der Waals surface area contributed by atoms with Gasteiger partial charge in [-0.1, -0.05) is 246 Å². The Morgan fingerprint density at radius 3 is 0.900 bits per heavy atom. The first kappa shape index (κ1) is 66.1. The Balaban J connectivity index is 4.07. The van der Waals surface area contributed by atoms with Gasteiger partial charge in [-0.05, 0) is 103 Å². The monoisotopic (exact) mass is 971 g/mol. The number of esters is 3. The molecule has 0 aliphatic heterocycles. The minimum atomic E-state index is -0.796. The normalized spacial score (nSPS) is 12.9. The van der Waals surface area contributed by atoms with E-state index >= 15 is 0 Å². The van der Waals surface area contributed by atoms with Crippen molar-refractivity contribution >= 4 is 17.9 Å². The Hall–Kier alpha value is -3.93. The maximum atomic E-state index is 12.7. The number of carbonyl (C=O) groups is 3. The molecule has 6 heteroatoms. The average molecular weight is 972 g/mol. The number of hydrogen-bond acceptors (Lipinski definition) is 6. The summed E-state index contributed by atoms with van der Waals surface area (Å²) in [4.78, 5) is 37.8. The molecule has 0 heterocycles. The van der Waals surface area contributed by atoms with Crippen molar-refractivity contribution < 1.29 is 28.6 Å². The zero-order valence-corrected chi connectivity index (χ0v) is 45.5. The van der Waals surface area contributed by atoms with Crippen LogP contribution in [0, 0.1) is 0 Å². The van der Waals surface area contributed by atoms with Gasteiger partial charge in [-0.25, -0.2) is 0 Å². The summed E-state index contributed by atoms with van der Waals surface area (Å²) in [5.41, 5.74) is 0. The third-order valence-electron chi connectivity index (χ3n) is 12.0. The fourth-order valence-electron chi connectivity index (χ4n) is 7.75. The lowest BCUT2D eigenvalue weighted by molar-refractivity contribution is -0.167. The zero-order valence-electron chi connectivity index (χ0n) is 45.5. The third-order valence-corrected chi connectivity index (χ3v) is 12.0. The SMILES string of the molecule is CC/C=C\C/C=C\C/C=C\C/C=C\C/C=C\CCCCCCCCCCCCCCCCCC(=O)OCC(COC(=O)CCCCCCCC)OC(=O)CCCC/C=C\C/C=C\C/C=C\C/C=C\CC. The van der Waals surface area contributed by atoms with Crippen molar-refractivity contribution in [3.63, 3.8) is 0 Å². The first-order valence-corrected chi connectivity index (χ1v) is 28.9. The van der Waals surface area contributed by atoms with Crippen LogP contribution in [0.25, 0.3) is 0 Å².